The molecule has 1 aromatic heterocycles. The molecule has 0 bridgehead atoms. The topological polar surface area (TPSA) is 82.8 Å². The normalized spacial score (nSPS) is 11.2. The Hall–Kier alpha value is -1.32. The zero-order chi connectivity index (χ0) is 17.2. The molecule has 0 unspecified atom stereocenters. The van der Waals surface area contributed by atoms with Gasteiger partial charge >= 0.3 is 0 Å². The minimum absolute atomic E-state index is 0. The van der Waals surface area contributed by atoms with Crippen LogP contribution in [0.5, 0.6) is 0 Å². The number of guanidine groups is 1. The molecule has 0 aliphatic carbocycles. The van der Waals surface area contributed by atoms with E-state index in [-0.39, 0.29) is 29.9 Å². The number of aliphatic imine (C=N–C) groups is 1. The summed E-state index contributed by atoms with van der Waals surface area (Å²) in [6.45, 7) is 5.35. The van der Waals surface area contributed by atoms with Crippen LogP contribution >= 0.6 is 24.0 Å². The molecule has 1 amide bonds. The van der Waals surface area contributed by atoms with Crippen LogP contribution in [0.3, 0.4) is 0 Å². The molecule has 0 saturated carbocycles. The lowest BCUT2D eigenvalue weighted by Gasteiger charge is -2.13. The van der Waals surface area contributed by atoms with Gasteiger partial charge in [-0.2, -0.15) is 0 Å². The SMILES string of the molecule is CCC(CC)c1cc(CNC(=NC)NCCC(=O)N(C)C)on1.I. The predicted molar refractivity (Wildman–Crippen MR) is 107 cm³/mol. The fraction of sp³-hybridized carbons (Fsp3) is 0.688. The van der Waals surface area contributed by atoms with E-state index < -0.39 is 0 Å². The smallest absolute Gasteiger partial charge is 0.223 e. The number of nitrogens with one attached hydrogen (secondary N) is 2. The number of amides is 1. The van der Waals surface area contributed by atoms with Gasteiger partial charge in [0.25, 0.3) is 0 Å². The van der Waals surface area contributed by atoms with Crippen molar-refractivity contribution >= 4 is 35.8 Å². The second-order valence-electron chi connectivity index (χ2n) is 5.62. The zero-order valence-electron chi connectivity index (χ0n) is 15.3. The van der Waals surface area contributed by atoms with E-state index in [1.165, 1.54) is 0 Å². The first kappa shape index (κ1) is 22.7. The van der Waals surface area contributed by atoms with E-state index in [0.717, 1.165) is 24.3 Å². The second kappa shape index (κ2) is 12.1. The Bertz CT molecular complexity index is 512. The number of rotatable bonds is 8. The highest BCUT2D eigenvalue weighted by Crippen LogP contribution is 2.22. The van der Waals surface area contributed by atoms with Crippen molar-refractivity contribution in [2.45, 2.75) is 45.6 Å². The standard InChI is InChI=1S/C16H29N5O2.HI/c1-6-12(7-2)14-10-13(23-20-14)11-19-16(17-3)18-9-8-15(22)21(4)5;/h10,12H,6-9,11H2,1-5H3,(H2,17,18,19);1H. The highest BCUT2D eigenvalue weighted by Gasteiger charge is 2.13. The molecule has 0 spiro atoms. The Morgan fingerprint density at radius 3 is 2.54 bits per heavy atom. The van der Waals surface area contributed by atoms with Gasteiger partial charge in [0.05, 0.1) is 12.2 Å². The van der Waals surface area contributed by atoms with Gasteiger partial charge in [0.2, 0.25) is 5.91 Å². The Kier molecular flexibility index (Phi) is 11.4. The number of carbonyl (C=O) groups excluding carboxylic acids is 1. The quantitative estimate of drug-likeness (QED) is 0.360. The van der Waals surface area contributed by atoms with Gasteiger partial charge in [-0.15, -0.1) is 24.0 Å². The van der Waals surface area contributed by atoms with Gasteiger partial charge in [-0.1, -0.05) is 19.0 Å². The van der Waals surface area contributed by atoms with Crippen LogP contribution in [0.4, 0.5) is 0 Å². The van der Waals surface area contributed by atoms with Crippen molar-refractivity contribution < 1.29 is 9.32 Å². The lowest BCUT2D eigenvalue weighted by atomic mass is 9.99. The number of hydrogen-bond acceptors (Lipinski definition) is 4. The third-order valence-corrected chi connectivity index (χ3v) is 3.76. The maximum atomic E-state index is 11.5. The third-order valence-electron chi connectivity index (χ3n) is 3.76. The average Bonchev–Trinajstić information content (AvgIpc) is 3.00. The summed E-state index contributed by atoms with van der Waals surface area (Å²) in [7, 11) is 5.19. The number of nitrogens with zero attached hydrogens (tertiary/aromatic N) is 3. The van der Waals surface area contributed by atoms with E-state index in [1.54, 1.807) is 26.0 Å². The molecule has 0 saturated heterocycles. The number of aromatic nitrogens is 1. The van der Waals surface area contributed by atoms with Crippen LogP contribution in [0, 0.1) is 0 Å². The van der Waals surface area contributed by atoms with Crippen LogP contribution in [-0.4, -0.2) is 49.6 Å². The first-order chi connectivity index (χ1) is 11.0. The molecule has 24 heavy (non-hydrogen) atoms. The zero-order valence-corrected chi connectivity index (χ0v) is 17.6. The van der Waals surface area contributed by atoms with Crippen molar-refractivity contribution in [1.29, 1.82) is 0 Å². The summed E-state index contributed by atoms with van der Waals surface area (Å²) in [6.07, 6.45) is 2.53. The summed E-state index contributed by atoms with van der Waals surface area (Å²) in [5, 5.41) is 10.4. The van der Waals surface area contributed by atoms with Gasteiger partial charge in [-0.25, -0.2) is 0 Å². The molecule has 0 aliphatic heterocycles. The van der Waals surface area contributed by atoms with Gasteiger partial charge in [-0.3, -0.25) is 9.79 Å². The van der Waals surface area contributed by atoms with E-state index in [2.05, 4.69) is 34.6 Å². The van der Waals surface area contributed by atoms with Crippen LogP contribution < -0.4 is 10.6 Å². The number of hydrogen-bond donors (Lipinski definition) is 2. The van der Waals surface area contributed by atoms with Gasteiger partial charge in [-0.05, 0) is 12.8 Å². The molecule has 2 N–H and O–H groups in total. The maximum absolute atomic E-state index is 11.5. The first-order valence-electron chi connectivity index (χ1n) is 8.11. The van der Waals surface area contributed by atoms with Crippen molar-refractivity contribution in [2.75, 3.05) is 27.7 Å². The van der Waals surface area contributed by atoms with Crippen molar-refractivity contribution in [3.63, 3.8) is 0 Å². The van der Waals surface area contributed by atoms with E-state index >= 15 is 0 Å². The van der Waals surface area contributed by atoms with Crippen LogP contribution in [0.1, 0.15) is 50.5 Å². The van der Waals surface area contributed by atoms with E-state index in [1.807, 2.05) is 6.07 Å². The molecule has 8 heteroatoms. The molecular weight excluding hydrogens is 421 g/mol. The average molecular weight is 451 g/mol. The molecular formula is C16H30IN5O2. The minimum atomic E-state index is 0. The summed E-state index contributed by atoms with van der Waals surface area (Å²) >= 11 is 0. The molecule has 0 aromatic carbocycles. The molecule has 1 aromatic rings. The monoisotopic (exact) mass is 451 g/mol. The highest BCUT2D eigenvalue weighted by molar-refractivity contribution is 14.0. The van der Waals surface area contributed by atoms with Crippen LogP contribution in [0.15, 0.2) is 15.6 Å². The van der Waals surface area contributed by atoms with Gasteiger partial charge in [0.15, 0.2) is 11.7 Å². The highest BCUT2D eigenvalue weighted by atomic mass is 127. The van der Waals surface area contributed by atoms with Crippen LogP contribution in [-0.2, 0) is 11.3 Å². The van der Waals surface area contributed by atoms with Gasteiger partial charge in [0, 0.05) is 46.1 Å². The Morgan fingerprint density at radius 1 is 1.33 bits per heavy atom. The summed E-state index contributed by atoms with van der Waals surface area (Å²) in [5.74, 6) is 1.94. The van der Waals surface area contributed by atoms with E-state index in [0.29, 0.717) is 31.4 Å². The summed E-state index contributed by atoms with van der Waals surface area (Å²) < 4.78 is 5.36. The molecule has 0 fully saturated rings. The van der Waals surface area contributed by atoms with E-state index in [4.69, 9.17) is 4.52 Å². The molecule has 1 heterocycles. The van der Waals surface area contributed by atoms with Crippen molar-refractivity contribution in [3.8, 4) is 0 Å². The Labute approximate surface area is 161 Å². The van der Waals surface area contributed by atoms with Gasteiger partial charge < -0.3 is 20.1 Å². The summed E-state index contributed by atoms with van der Waals surface area (Å²) in [6, 6.07) is 1.99. The lowest BCUT2D eigenvalue weighted by Crippen LogP contribution is -2.38. The molecule has 1 rings (SSSR count). The summed E-state index contributed by atoms with van der Waals surface area (Å²) in [5.41, 5.74) is 1.01. The van der Waals surface area contributed by atoms with Crippen molar-refractivity contribution in [3.05, 3.63) is 17.5 Å². The number of halogens is 1. The van der Waals surface area contributed by atoms with Gasteiger partial charge in [0.1, 0.15) is 0 Å². The van der Waals surface area contributed by atoms with E-state index in [9.17, 15) is 4.79 Å². The lowest BCUT2D eigenvalue weighted by molar-refractivity contribution is -0.128. The molecule has 0 atom stereocenters. The maximum Gasteiger partial charge on any atom is 0.223 e. The Morgan fingerprint density at radius 2 is 2.00 bits per heavy atom. The molecule has 0 aliphatic rings. The minimum Gasteiger partial charge on any atom is -0.359 e. The van der Waals surface area contributed by atoms with Crippen molar-refractivity contribution in [2.24, 2.45) is 4.99 Å². The van der Waals surface area contributed by atoms with Crippen molar-refractivity contribution in [1.82, 2.24) is 20.7 Å². The molecule has 7 nitrogen and oxygen atoms in total. The van der Waals surface area contributed by atoms with Crippen LogP contribution in [0.25, 0.3) is 0 Å². The fourth-order valence-corrected chi connectivity index (χ4v) is 2.21. The fourth-order valence-electron chi connectivity index (χ4n) is 2.21. The molecule has 138 valence electrons. The second-order valence-corrected chi connectivity index (χ2v) is 5.62. The largest absolute Gasteiger partial charge is 0.359 e. The van der Waals surface area contributed by atoms with Crippen LogP contribution in [0.2, 0.25) is 0 Å². The number of carbonyl (C=O) groups is 1. The molecule has 0 radical (unpaired) electrons. The summed E-state index contributed by atoms with van der Waals surface area (Å²) in [4.78, 5) is 17.2. The predicted octanol–water partition coefficient (Wildman–Crippen LogP) is 2.34. The first-order valence-corrected chi connectivity index (χ1v) is 8.11. The third kappa shape index (κ3) is 7.50. The Balaban J connectivity index is 0.00000529.